The lowest BCUT2D eigenvalue weighted by molar-refractivity contribution is 0.0954. The van der Waals surface area contributed by atoms with Gasteiger partial charge in [-0.1, -0.05) is 6.07 Å². The number of anilines is 2. The third kappa shape index (κ3) is 4.72. The Hall–Kier alpha value is -3.52. The van der Waals surface area contributed by atoms with Crippen LogP contribution >= 0.6 is 11.3 Å². The van der Waals surface area contributed by atoms with Crippen molar-refractivity contribution in [2.24, 2.45) is 0 Å². The summed E-state index contributed by atoms with van der Waals surface area (Å²) in [5.41, 5.74) is 5.20. The van der Waals surface area contributed by atoms with Crippen LogP contribution in [0.15, 0.2) is 54.2 Å². The maximum absolute atomic E-state index is 12.5. The molecule has 4 rings (SSSR count). The molecule has 1 amide bonds. The van der Waals surface area contributed by atoms with Crippen LogP contribution in [0, 0.1) is 13.8 Å². The van der Waals surface area contributed by atoms with E-state index in [1.807, 2.05) is 49.6 Å². The number of hydrogen-bond donors (Lipinski definition) is 3. The second-order valence-electron chi connectivity index (χ2n) is 6.89. The first-order chi connectivity index (χ1) is 14.6. The van der Waals surface area contributed by atoms with Crippen molar-refractivity contribution in [3.63, 3.8) is 0 Å². The first-order valence-corrected chi connectivity index (χ1v) is 10.5. The van der Waals surface area contributed by atoms with Gasteiger partial charge in [-0.15, -0.1) is 11.3 Å². The molecular weight excluding hydrogens is 396 g/mol. The van der Waals surface area contributed by atoms with Crippen molar-refractivity contribution >= 4 is 28.9 Å². The Kier molecular flexibility index (Phi) is 5.85. The summed E-state index contributed by atoms with van der Waals surface area (Å²) in [6.45, 7) is 4.38. The number of thiophene rings is 1. The minimum atomic E-state index is -0.110. The fourth-order valence-electron chi connectivity index (χ4n) is 3.16. The highest BCUT2D eigenvalue weighted by molar-refractivity contribution is 7.13. The van der Waals surface area contributed by atoms with Gasteiger partial charge in [0, 0.05) is 41.3 Å². The molecule has 3 aromatic heterocycles. The maximum atomic E-state index is 12.5. The van der Waals surface area contributed by atoms with Gasteiger partial charge in [0.2, 0.25) is 5.95 Å². The molecular formula is C22H22N6OS. The van der Waals surface area contributed by atoms with Gasteiger partial charge in [0.15, 0.2) is 0 Å². The van der Waals surface area contributed by atoms with Gasteiger partial charge < -0.3 is 15.6 Å². The molecule has 0 spiro atoms. The lowest BCUT2D eigenvalue weighted by Crippen LogP contribution is -2.25. The minimum absolute atomic E-state index is 0.110. The van der Waals surface area contributed by atoms with Crippen LogP contribution in [0.1, 0.15) is 27.4 Å². The van der Waals surface area contributed by atoms with E-state index in [0.717, 1.165) is 33.3 Å². The topological polar surface area (TPSA) is 95.6 Å². The van der Waals surface area contributed by atoms with Crippen LogP contribution in [0.4, 0.5) is 11.6 Å². The molecule has 0 saturated carbocycles. The lowest BCUT2D eigenvalue weighted by Gasteiger charge is -2.08. The van der Waals surface area contributed by atoms with Gasteiger partial charge >= 0.3 is 0 Å². The van der Waals surface area contributed by atoms with E-state index < -0.39 is 0 Å². The number of amides is 1. The first-order valence-electron chi connectivity index (χ1n) is 9.62. The zero-order chi connectivity index (χ0) is 20.9. The maximum Gasteiger partial charge on any atom is 0.251 e. The number of rotatable bonds is 7. The molecule has 1 aromatic carbocycles. The number of aromatic amines is 1. The number of carbonyl (C=O) groups is 1. The van der Waals surface area contributed by atoms with Crippen LogP contribution in [0.3, 0.4) is 0 Å². The number of hydrogen-bond acceptors (Lipinski definition) is 6. The fourth-order valence-corrected chi connectivity index (χ4v) is 3.90. The van der Waals surface area contributed by atoms with Crippen molar-refractivity contribution in [1.29, 1.82) is 0 Å². The van der Waals surface area contributed by atoms with E-state index >= 15 is 0 Å². The third-order valence-corrected chi connectivity index (χ3v) is 5.40. The van der Waals surface area contributed by atoms with Crippen molar-refractivity contribution in [3.05, 3.63) is 76.8 Å². The standard InChI is InChI=1S/C22H22N6OS/c1-14-12-15(2)27-22(26-14)28-17-7-5-16(6-8-17)21(29)23-10-9-18-20(25-13-24-18)19-4-3-11-30-19/h3-8,11-13H,9-10H2,1-2H3,(H,23,29)(H,24,25)(H,26,27,28). The van der Waals surface area contributed by atoms with Crippen molar-refractivity contribution in [2.75, 3.05) is 11.9 Å². The van der Waals surface area contributed by atoms with E-state index in [-0.39, 0.29) is 5.91 Å². The molecule has 0 aliphatic heterocycles. The van der Waals surface area contributed by atoms with E-state index in [1.165, 1.54) is 0 Å². The van der Waals surface area contributed by atoms with Crippen LogP contribution in [0.25, 0.3) is 10.6 Å². The summed E-state index contributed by atoms with van der Waals surface area (Å²) in [5, 5.41) is 8.16. The van der Waals surface area contributed by atoms with E-state index in [1.54, 1.807) is 29.8 Å². The predicted molar refractivity (Wildman–Crippen MR) is 119 cm³/mol. The highest BCUT2D eigenvalue weighted by Gasteiger charge is 2.10. The summed E-state index contributed by atoms with van der Waals surface area (Å²) in [7, 11) is 0. The van der Waals surface area contributed by atoms with Gasteiger partial charge in [-0.2, -0.15) is 0 Å². The molecule has 0 radical (unpaired) electrons. The molecule has 0 fully saturated rings. The molecule has 0 aliphatic carbocycles. The number of aromatic nitrogens is 4. The van der Waals surface area contributed by atoms with Gasteiger partial charge in [0.25, 0.3) is 5.91 Å². The molecule has 0 bridgehead atoms. The second kappa shape index (κ2) is 8.87. The summed E-state index contributed by atoms with van der Waals surface area (Å²) in [6, 6.07) is 13.2. The number of imidazole rings is 1. The Labute approximate surface area is 178 Å². The number of aryl methyl sites for hydroxylation is 2. The van der Waals surface area contributed by atoms with Crippen molar-refractivity contribution in [3.8, 4) is 10.6 Å². The molecule has 3 N–H and O–H groups in total. The highest BCUT2D eigenvalue weighted by atomic mass is 32.1. The van der Waals surface area contributed by atoms with Crippen molar-refractivity contribution < 1.29 is 4.79 Å². The quantitative estimate of drug-likeness (QED) is 0.417. The number of nitrogens with one attached hydrogen (secondary N) is 3. The van der Waals surface area contributed by atoms with Gasteiger partial charge in [-0.25, -0.2) is 15.0 Å². The minimum Gasteiger partial charge on any atom is -0.352 e. The Bertz CT molecular complexity index is 1110. The Balaban J connectivity index is 1.33. The monoisotopic (exact) mass is 418 g/mol. The van der Waals surface area contributed by atoms with E-state index in [9.17, 15) is 4.79 Å². The number of benzene rings is 1. The molecule has 3 heterocycles. The fraction of sp³-hybridized carbons (Fsp3) is 0.182. The van der Waals surface area contributed by atoms with Crippen LogP contribution in [-0.4, -0.2) is 32.4 Å². The number of carbonyl (C=O) groups excluding carboxylic acids is 1. The number of H-pyrrole nitrogens is 1. The summed E-state index contributed by atoms with van der Waals surface area (Å²) < 4.78 is 0. The molecule has 0 saturated heterocycles. The van der Waals surface area contributed by atoms with Crippen LogP contribution in [0.2, 0.25) is 0 Å². The van der Waals surface area contributed by atoms with E-state index in [4.69, 9.17) is 0 Å². The zero-order valence-corrected chi connectivity index (χ0v) is 17.6. The van der Waals surface area contributed by atoms with Gasteiger partial charge in [0.1, 0.15) is 5.69 Å². The summed E-state index contributed by atoms with van der Waals surface area (Å²) >= 11 is 1.65. The van der Waals surface area contributed by atoms with Gasteiger partial charge in [0.05, 0.1) is 11.2 Å². The molecule has 7 nitrogen and oxygen atoms in total. The van der Waals surface area contributed by atoms with Crippen LogP contribution in [0.5, 0.6) is 0 Å². The van der Waals surface area contributed by atoms with Crippen molar-refractivity contribution in [2.45, 2.75) is 20.3 Å². The molecule has 4 aromatic rings. The number of nitrogens with zero attached hydrogens (tertiary/aromatic N) is 3. The van der Waals surface area contributed by atoms with Gasteiger partial charge in [-0.05, 0) is 55.6 Å². The smallest absolute Gasteiger partial charge is 0.251 e. The Morgan fingerprint density at radius 1 is 1.10 bits per heavy atom. The zero-order valence-electron chi connectivity index (χ0n) is 16.8. The van der Waals surface area contributed by atoms with Crippen LogP contribution in [-0.2, 0) is 6.42 Å². The average Bonchev–Trinajstić information content (AvgIpc) is 3.39. The largest absolute Gasteiger partial charge is 0.352 e. The predicted octanol–water partition coefficient (Wildman–Crippen LogP) is 4.26. The molecule has 0 unspecified atom stereocenters. The van der Waals surface area contributed by atoms with Crippen LogP contribution < -0.4 is 10.6 Å². The summed E-state index contributed by atoms with van der Waals surface area (Å²) in [5.74, 6) is 0.437. The molecule has 8 heteroatoms. The van der Waals surface area contributed by atoms with Gasteiger partial charge in [-0.3, -0.25) is 4.79 Å². The SMILES string of the molecule is Cc1cc(C)nc(Nc2ccc(C(=O)NCCc3[nH]cnc3-c3cccs3)cc2)n1. The third-order valence-electron chi connectivity index (χ3n) is 4.52. The second-order valence-corrected chi connectivity index (χ2v) is 7.84. The molecule has 0 aliphatic rings. The summed E-state index contributed by atoms with van der Waals surface area (Å²) in [4.78, 5) is 29.9. The van der Waals surface area contributed by atoms with E-state index in [0.29, 0.717) is 24.5 Å². The average molecular weight is 419 g/mol. The lowest BCUT2D eigenvalue weighted by atomic mass is 10.2. The van der Waals surface area contributed by atoms with Crippen molar-refractivity contribution in [1.82, 2.24) is 25.3 Å². The normalized spacial score (nSPS) is 10.7. The Morgan fingerprint density at radius 2 is 1.87 bits per heavy atom. The highest BCUT2D eigenvalue weighted by Crippen LogP contribution is 2.25. The Morgan fingerprint density at radius 3 is 2.57 bits per heavy atom. The molecule has 0 atom stereocenters. The molecule has 152 valence electrons. The first kappa shape index (κ1) is 19.8. The molecule has 30 heavy (non-hydrogen) atoms. The summed E-state index contributed by atoms with van der Waals surface area (Å²) in [6.07, 6.45) is 2.38. The van der Waals surface area contributed by atoms with E-state index in [2.05, 4.69) is 30.6 Å².